The van der Waals surface area contributed by atoms with Crippen LogP contribution in [0.4, 0.5) is 5.69 Å². The number of hydrogen-bond donors (Lipinski definition) is 1. The second kappa shape index (κ2) is 8.78. The molecule has 168 valence electrons. The molecule has 1 saturated heterocycles. The number of anilines is 1. The van der Waals surface area contributed by atoms with E-state index >= 15 is 0 Å². The van der Waals surface area contributed by atoms with E-state index in [1.807, 2.05) is 45.0 Å². The SMILES string of the molecule is Cc1ccc(-c2cc(C(=O)Nc3ccc(OC(C)C)cc3)nn2[C@H]2CCS(=O)(=O)C2)cc1. The lowest BCUT2D eigenvalue weighted by Crippen LogP contribution is -2.16. The highest BCUT2D eigenvalue weighted by Crippen LogP contribution is 2.30. The fourth-order valence-corrected chi connectivity index (χ4v) is 5.47. The zero-order chi connectivity index (χ0) is 22.9. The molecule has 1 aliphatic rings. The van der Waals surface area contributed by atoms with Gasteiger partial charge >= 0.3 is 0 Å². The molecule has 4 rings (SSSR count). The van der Waals surface area contributed by atoms with E-state index in [4.69, 9.17) is 4.74 Å². The number of nitrogens with one attached hydrogen (secondary N) is 1. The van der Waals surface area contributed by atoms with Crippen LogP contribution in [0.2, 0.25) is 0 Å². The smallest absolute Gasteiger partial charge is 0.276 e. The molecule has 0 spiro atoms. The number of aryl methyl sites for hydroxylation is 1. The van der Waals surface area contributed by atoms with E-state index in [1.54, 1.807) is 35.0 Å². The topological polar surface area (TPSA) is 90.3 Å². The standard InChI is InChI=1S/C24H27N3O4S/c1-16(2)31-21-10-8-19(9-11-21)25-24(28)22-14-23(18-6-4-17(3)5-7-18)27(26-22)20-12-13-32(29,30)15-20/h4-11,14,16,20H,12-13,15H2,1-3H3,(H,25,28)/t20-/m0/s1. The van der Waals surface area contributed by atoms with Crippen molar-refractivity contribution in [2.75, 3.05) is 16.8 Å². The summed E-state index contributed by atoms with van der Waals surface area (Å²) in [6, 6.07) is 16.5. The number of rotatable bonds is 6. The number of aromatic nitrogens is 2. The fraction of sp³-hybridized carbons (Fsp3) is 0.333. The van der Waals surface area contributed by atoms with E-state index in [-0.39, 0.29) is 35.3 Å². The van der Waals surface area contributed by atoms with Gasteiger partial charge in [-0.1, -0.05) is 29.8 Å². The van der Waals surface area contributed by atoms with E-state index < -0.39 is 9.84 Å². The van der Waals surface area contributed by atoms with Gasteiger partial charge in [0.1, 0.15) is 5.75 Å². The number of carbonyl (C=O) groups excluding carboxylic acids is 1. The molecular weight excluding hydrogens is 426 g/mol. The first-order valence-electron chi connectivity index (χ1n) is 10.7. The van der Waals surface area contributed by atoms with Crippen LogP contribution >= 0.6 is 0 Å². The molecule has 1 amide bonds. The lowest BCUT2D eigenvalue weighted by molar-refractivity contribution is 0.102. The lowest BCUT2D eigenvalue weighted by Gasteiger charge is -2.13. The van der Waals surface area contributed by atoms with Gasteiger partial charge in [0.25, 0.3) is 5.91 Å². The predicted molar refractivity (Wildman–Crippen MR) is 125 cm³/mol. The molecule has 0 bridgehead atoms. The number of ether oxygens (including phenoxy) is 1. The number of sulfone groups is 1. The zero-order valence-corrected chi connectivity index (χ0v) is 19.2. The first kappa shape index (κ1) is 22.1. The van der Waals surface area contributed by atoms with Gasteiger partial charge in [-0.25, -0.2) is 8.42 Å². The molecule has 1 atom stereocenters. The minimum absolute atomic E-state index is 0.0336. The Bertz CT molecular complexity index is 1210. The van der Waals surface area contributed by atoms with Crippen molar-refractivity contribution in [1.82, 2.24) is 9.78 Å². The van der Waals surface area contributed by atoms with Crippen LogP contribution in [0.25, 0.3) is 11.3 Å². The van der Waals surface area contributed by atoms with Gasteiger partial charge in [0, 0.05) is 5.69 Å². The molecule has 1 aromatic heterocycles. The second-order valence-corrected chi connectivity index (χ2v) is 10.7. The summed E-state index contributed by atoms with van der Waals surface area (Å²) in [4.78, 5) is 12.9. The third kappa shape index (κ3) is 5.02. The van der Waals surface area contributed by atoms with Gasteiger partial charge in [0.05, 0.1) is 29.3 Å². The number of amides is 1. The Kier molecular flexibility index (Phi) is 6.06. The first-order valence-corrected chi connectivity index (χ1v) is 12.5. The first-order chi connectivity index (χ1) is 15.2. The molecule has 1 aliphatic heterocycles. The summed E-state index contributed by atoms with van der Waals surface area (Å²) in [5.41, 5.74) is 3.61. The Morgan fingerprint density at radius 3 is 2.41 bits per heavy atom. The van der Waals surface area contributed by atoms with Crippen molar-refractivity contribution in [3.8, 4) is 17.0 Å². The Labute approximate surface area is 188 Å². The van der Waals surface area contributed by atoms with Crippen molar-refractivity contribution in [3.05, 3.63) is 65.9 Å². The third-order valence-corrected chi connectivity index (χ3v) is 7.10. The van der Waals surface area contributed by atoms with Gasteiger partial charge < -0.3 is 10.1 Å². The number of hydrogen-bond acceptors (Lipinski definition) is 5. The highest BCUT2D eigenvalue weighted by atomic mass is 32.2. The highest BCUT2D eigenvalue weighted by molar-refractivity contribution is 7.91. The van der Waals surface area contributed by atoms with Crippen LogP contribution in [0, 0.1) is 6.92 Å². The molecule has 1 N–H and O–H groups in total. The monoisotopic (exact) mass is 453 g/mol. The quantitative estimate of drug-likeness (QED) is 0.602. The molecule has 32 heavy (non-hydrogen) atoms. The molecule has 7 nitrogen and oxygen atoms in total. The van der Waals surface area contributed by atoms with Crippen LogP contribution in [0.15, 0.2) is 54.6 Å². The van der Waals surface area contributed by atoms with Gasteiger partial charge in [-0.3, -0.25) is 9.48 Å². The van der Waals surface area contributed by atoms with E-state index in [0.29, 0.717) is 12.1 Å². The third-order valence-electron chi connectivity index (χ3n) is 5.35. The van der Waals surface area contributed by atoms with Gasteiger partial charge in [0.15, 0.2) is 15.5 Å². The molecule has 0 aliphatic carbocycles. The number of carbonyl (C=O) groups is 1. The summed E-state index contributed by atoms with van der Waals surface area (Å²) < 4.78 is 31.4. The average Bonchev–Trinajstić information content (AvgIpc) is 3.33. The molecule has 1 fully saturated rings. The summed E-state index contributed by atoms with van der Waals surface area (Å²) in [6.07, 6.45) is 0.556. The average molecular weight is 454 g/mol. The number of benzene rings is 2. The minimum Gasteiger partial charge on any atom is -0.491 e. The molecule has 8 heteroatoms. The predicted octanol–water partition coefficient (Wildman–Crippen LogP) is 4.26. The van der Waals surface area contributed by atoms with Crippen LogP contribution in [0.5, 0.6) is 5.75 Å². The van der Waals surface area contributed by atoms with Crippen LogP contribution < -0.4 is 10.1 Å². The van der Waals surface area contributed by atoms with E-state index in [2.05, 4.69) is 10.4 Å². The van der Waals surface area contributed by atoms with Crippen LogP contribution in [0.3, 0.4) is 0 Å². The maximum Gasteiger partial charge on any atom is 0.276 e. The van der Waals surface area contributed by atoms with Crippen molar-refractivity contribution in [1.29, 1.82) is 0 Å². The fourth-order valence-electron chi connectivity index (χ4n) is 3.78. The molecule has 3 aromatic rings. The molecule has 2 aromatic carbocycles. The Morgan fingerprint density at radius 1 is 1.12 bits per heavy atom. The molecule has 0 radical (unpaired) electrons. The van der Waals surface area contributed by atoms with Crippen molar-refractivity contribution in [3.63, 3.8) is 0 Å². The molecule has 0 unspecified atom stereocenters. The van der Waals surface area contributed by atoms with Crippen molar-refractivity contribution in [2.45, 2.75) is 39.3 Å². The van der Waals surface area contributed by atoms with Crippen LogP contribution in [-0.4, -0.2) is 41.7 Å². The minimum atomic E-state index is -3.09. The van der Waals surface area contributed by atoms with Gasteiger partial charge in [-0.05, 0) is 63.1 Å². The summed E-state index contributed by atoms with van der Waals surface area (Å²) in [6.45, 7) is 5.90. The summed E-state index contributed by atoms with van der Waals surface area (Å²) in [5.74, 6) is 0.546. The molecule has 0 saturated carbocycles. The lowest BCUT2D eigenvalue weighted by atomic mass is 10.1. The van der Waals surface area contributed by atoms with Gasteiger partial charge in [0.2, 0.25) is 0 Å². The maximum absolute atomic E-state index is 12.9. The Hall–Kier alpha value is -3.13. The largest absolute Gasteiger partial charge is 0.491 e. The molecule has 2 heterocycles. The maximum atomic E-state index is 12.9. The Morgan fingerprint density at radius 2 is 1.81 bits per heavy atom. The van der Waals surface area contributed by atoms with E-state index in [0.717, 1.165) is 22.6 Å². The van der Waals surface area contributed by atoms with Crippen molar-refractivity contribution >= 4 is 21.4 Å². The van der Waals surface area contributed by atoms with Crippen LogP contribution in [-0.2, 0) is 9.84 Å². The zero-order valence-electron chi connectivity index (χ0n) is 18.4. The Balaban J connectivity index is 1.61. The summed E-state index contributed by atoms with van der Waals surface area (Å²) >= 11 is 0. The van der Waals surface area contributed by atoms with Crippen LogP contribution in [0.1, 0.15) is 42.4 Å². The van der Waals surface area contributed by atoms with Crippen molar-refractivity contribution < 1.29 is 17.9 Å². The second-order valence-electron chi connectivity index (χ2n) is 8.43. The summed E-state index contributed by atoms with van der Waals surface area (Å²) in [5, 5.41) is 7.38. The van der Waals surface area contributed by atoms with E-state index in [1.165, 1.54) is 0 Å². The van der Waals surface area contributed by atoms with E-state index in [9.17, 15) is 13.2 Å². The van der Waals surface area contributed by atoms with Gasteiger partial charge in [-0.2, -0.15) is 5.10 Å². The number of nitrogens with zero attached hydrogens (tertiary/aromatic N) is 2. The van der Waals surface area contributed by atoms with Gasteiger partial charge in [-0.15, -0.1) is 0 Å². The van der Waals surface area contributed by atoms with Crippen molar-refractivity contribution in [2.24, 2.45) is 0 Å². The normalized spacial score (nSPS) is 17.4. The summed E-state index contributed by atoms with van der Waals surface area (Å²) in [7, 11) is -3.09. The highest BCUT2D eigenvalue weighted by Gasteiger charge is 2.32. The molecular formula is C24H27N3O4S.